The number of benzene rings is 2. The van der Waals surface area contributed by atoms with Crippen LogP contribution in [0.15, 0.2) is 65.1 Å². The van der Waals surface area contributed by atoms with Gasteiger partial charge in [-0.3, -0.25) is 4.79 Å². The largest absolute Gasteiger partial charge is 0.459 e. The van der Waals surface area contributed by atoms with E-state index in [9.17, 15) is 9.59 Å². The van der Waals surface area contributed by atoms with Gasteiger partial charge < -0.3 is 20.8 Å². The van der Waals surface area contributed by atoms with Gasteiger partial charge in [0.15, 0.2) is 0 Å². The molecule has 7 heteroatoms. The second-order valence-electron chi connectivity index (χ2n) is 5.87. The first-order valence-electron chi connectivity index (χ1n) is 8.26. The predicted molar refractivity (Wildman–Crippen MR) is 103 cm³/mol. The fraction of sp³-hybridized carbons (Fsp3) is 0.100. The summed E-state index contributed by atoms with van der Waals surface area (Å²) in [7, 11) is 0. The molecule has 0 unspecified atom stereocenters. The standard InChI is InChI=1S/C20H18ClN3O3/c21-16-7-5-14(6-8-16)18-10-9-17(27-18)12-23-19(25)15-3-1-13(2-4-15)11-24-20(22)26/h1-10H,11-12H2,(H,23,25)(H3,22,24,26). The van der Waals surface area contributed by atoms with Crippen LogP contribution in [0.4, 0.5) is 4.79 Å². The number of furan rings is 1. The van der Waals surface area contributed by atoms with E-state index in [1.54, 1.807) is 36.4 Å². The van der Waals surface area contributed by atoms with Crippen LogP contribution >= 0.6 is 11.6 Å². The van der Waals surface area contributed by atoms with E-state index in [0.29, 0.717) is 28.7 Å². The summed E-state index contributed by atoms with van der Waals surface area (Å²) in [6, 6.07) is 17.3. The normalized spacial score (nSPS) is 10.4. The number of amides is 3. The van der Waals surface area contributed by atoms with Gasteiger partial charge in [0, 0.05) is 22.7 Å². The lowest BCUT2D eigenvalue weighted by Crippen LogP contribution is -2.28. The second kappa shape index (κ2) is 8.42. The van der Waals surface area contributed by atoms with Crippen molar-refractivity contribution < 1.29 is 14.0 Å². The average Bonchev–Trinajstić information content (AvgIpc) is 3.14. The summed E-state index contributed by atoms with van der Waals surface area (Å²) in [6.45, 7) is 0.592. The Hall–Kier alpha value is -3.25. The third-order valence-corrected chi connectivity index (χ3v) is 4.15. The van der Waals surface area contributed by atoms with Crippen molar-refractivity contribution in [1.29, 1.82) is 0 Å². The van der Waals surface area contributed by atoms with Gasteiger partial charge in [-0.15, -0.1) is 0 Å². The third-order valence-electron chi connectivity index (χ3n) is 3.90. The van der Waals surface area contributed by atoms with Crippen LogP contribution in [-0.4, -0.2) is 11.9 Å². The molecule has 0 atom stereocenters. The Kier molecular flexibility index (Phi) is 5.78. The van der Waals surface area contributed by atoms with Crippen LogP contribution in [0.5, 0.6) is 0 Å². The zero-order valence-corrected chi connectivity index (χ0v) is 15.1. The minimum atomic E-state index is -0.590. The second-order valence-corrected chi connectivity index (χ2v) is 6.31. The molecule has 0 saturated carbocycles. The molecule has 0 saturated heterocycles. The molecule has 3 amide bonds. The summed E-state index contributed by atoms with van der Waals surface area (Å²) in [5.74, 6) is 1.15. The van der Waals surface area contributed by atoms with Gasteiger partial charge in [0.2, 0.25) is 0 Å². The van der Waals surface area contributed by atoms with E-state index < -0.39 is 6.03 Å². The maximum absolute atomic E-state index is 12.3. The third kappa shape index (κ3) is 5.12. The van der Waals surface area contributed by atoms with E-state index in [0.717, 1.165) is 11.1 Å². The molecular formula is C20H18ClN3O3. The van der Waals surface area contributed by atoms with Crippen molar-refractivity contribution in [3.8, 4) is 11.3 Å². The first-order valence-corrected chi connectivity index (χ1v) is 8.64. The molecule has 4 N–H and O–H groups in total. The summed E-state index contributed by atoms with van der Waals surface area (Å²) >= 11 is 5.89. The van der Waals surface area contributed by atoms with E-state index >= 15 is 0 Å². The number of hydrogen-bond acceptors (Lipinski definition) is 3. The van der Waals surface area contributed by atoms with Gasteiger partial charge in [-0.2, -0.15) is 0 Å². The lowest BCUT2D eigenvalue weighted by molar-refractivity contribution is 0.0948. The average molecular weight is 384 g/mol. The number of nitrogens with two attached hydrogens (primary N) is 1. The van der Waals surface area contributed by atoms with Crippen LogP contribution in [0.25, 0.3) is 11.3 Å². The molecule has 1 aromatic heterocycles. The predicted octanol–water partition coefficient (Wildman–Crippen LogP) is 3.70. The molecule has 0 aliphatic rings. The Morgan fingerprint density at radius 1 is 0.889 bits per heavy atom. The van der Waals surface area contributed by atoms with Crippen LogP contribution in [0.1, 0.15) is 21.7 Å². The summed E-state index contributed by atoms with van der Waals surface area (Å²) in [5.41, 5.74) is 7.31. The molecule has 0 bridgehead atoms. The highest BCUT2D eigenvalue weighted by atomic mass is 35.5. The van der Waals surface area contributed by atoms with E-state index in [2.05, 4.69) is 10.6 Å². The number of primary amides is 1. The molecule has 3 rings (SSSR count). The van der Waals surface area contributed by atoms with Crippen LogP contribution in [0, 0.1) is 0 Å². The maximum atomic E-state index is 12.3. The quantitative estimate of drug-likeness (QED) is 0.605. The van der Waals surface area contributed by atoms with Crippen LogP contribution in [0.2, 0.25) is 5.02 Å². The van der Waals surface area contributed by atoms with E-state index in [4.69, 9.17) is 21.8 Å². The fourth-order valence-corrected chi connectivity index (χ4v) is 2.60. The van der Waals surface area contributed by atoms with Crippen LogP contribution in [0.3, 0.4) is 0 Å². The summed E-state index contributed by atoms with van der Waals surface area (Å²) in [6.07, 6.45) is 0. The van der Waals surface area contributed by atoms with Gasteiger partial charge in [0.1, 0.15) is 11.5 Å². The number of halogens is 1. The van der Waals surface area contributed by atoms with E-state index in [-0.39, 0.29) is 12.5 Å². The van der Waals surface area contributed by atoms with Crippen molar-refractivity contribution in [1.82, 2.24) is 10.6 Å². The molecule has 0 aliphatic heterocycles. The molecule has 0 spiro atoms. The summed E-state index contributed by atoms with van der Waals surface area (Å²) < 4.78 is 5.76. The van der Waals surface area contributed by atoms with Gasteiger partial charge >= 0.3 is 6.03 Å². The van der Waals surface area contributed by atoms with E-state index in [1.165, 1.54) is 0 Å². The number of nitrogens with one attached hydrogen (secondary N) is 2. The van der Waals surface area contributed by atoms with Gasteiger partial charge in [-0.1, -0.05) is 23.7 Å². The van der Waals surface area contributed by atoms with Gasteiger partial charge in [0.05, 0.1) is 6.54 Å². The molecule has 1 heterocycles. The zero-order valence-electron chi connectivity index (χ0n) is 14.4. The van der Waals surface area contributed by atoms with E-state index in [1.807, 2.05) is 24.3 Å². The molecule has 3 aromatic rings. The van der Waals surface area contributed by atoms with Gasteiger partial charge in [-0.25, -0.2) is 4.79 Å². The molecule has 27 heavy (non-hydrogen) atoms. The minimum absolute atomic E-state index is 0.214. The molecule has 0 fully saturated rings. The monoisotopic (exact) mass is 383 g/mol. The van der Waals surface area contributed by atoms with Crippen molar-refractivity contribution in [2.24, 2.45) is 5.73 Å². The number of urea groups is 1. The number of rotatable bonds is 6. The number of carbonyl (C=O) groups is 2. The Bertz CT molecular complexity index is 934. The number of hydrogen-bond donors (Lipinski definition) is 3. The van der Waals surface area contributed by atoms with Crippen LogP contribution in [-0.2, 0) is 13.1 Å². The number of carbonyl (C=O) groups excluding carboxylic acids is 2. The topological polar surface area (TPSA) is 97.4 Å². The minimum Gasteiger partial charge on any atom is -0.459 e. The van der Waals surface area contributed by atoms with Crippen molar-refractivity contribution >= 4 is 23.5 Å². The van der Waals surface area contributed by atoms with Crippen LogP contribution < -0.4 is 16.4 Å². The van der Waals surface area contributed by atoms with Crippen molar-refractivity contribution in [2.75, 3.05) is 0 Å². The molecule has 0 aliphatic carbocycles. The molecule has 2 aromatic carbocycles. The lowest BCUT2D eigenvalue weighted by Gasteiger charge is -2.06. The maximum Gasteiger partial charge on any atom is 0.312 e. The molecular weight excluding hydrogens is 366 g/mol. The van der Waals surface area contributed by atoms with Crippen molar-refractivity contribution in [3.63, 3.8) is 0 Å². The van der Waals surface area contributed by atoms with Gasteiger partial charge in [0.25, 0.3) is 5.91 Å². The Labute approximate surface area is 161 Å². The fourth-order valence-electron chi connectivity index (χ4n) is 2.47. The molecule has 0 radical (unpaired) electrons. The first-order chi connectivity index (χ1) is 13.0. The lowest BCUT2D eigenvalue weighted by atomic mass is 10.1. The highest BCUT2D eigenvalue weighted by molar-refractivity contribution is 6.30. The van der Waals surface area contributed by atoms with Gasteiger partial charge in [-0.05, 0) is 54.1 Å². The highest BCUT2D eigenvalue weighted by Gasteiger charge is 2.09. The SMILES string of the molecule is NC(=O)NCc1ccc(C(=O)NCc2ccc(-c3ccc(Cl)cc3)o2)cc1. The molecule has 138 valence electrons. The highest BCUT2D eigenvalue weighted by Crippen LogP contribution is 2.23. The van der Waals surface area contributed by atoms with Crippen molar-refractivity contribution in [2.45, 2.75) is 13.1 Å². The zero-order chi connectivity index (χ0) is 19.2. The Balaban J connectivity index is 1.56. The molecule has 6 nitrogen and oxygen atoms in total. The summed E-state index contributed by atoms with van der Waals surface area (Å²) in [5, 5.41) is 5.97. The smallest absolute Gasteiger partial charge is 0.312 e. The van der Waals surface area contributed by atoms with Crippen molar-refractivity contribution in [3.05, 3.63) is 82.6 Å². The Morgan fingerprint density at radius 3 is 2.26 bits per heavy atom. The Morgan fingerprint density at radius 2 is 1.59 bits per heavy atom. The summed E-state index contributed by atoms with van der Waals surface area (Å²) in [4.78, 5) is 23.0. The first kappa shape index (κ1) is 18.5.